The van der Waals surface area contributed by atoms with E-state index < -0.39 is 0 Å². The van der Waals surface area contributed by atoms with Crippen molar-refractivity contribution in [1.82, 2.24) is 9.55 Å². The number of para-hydroxylation sites is 1. The second-order valence-electron chi connectivity index (χ2n) is 11.7. The molecule has 2 nitrogen and oxygen atoms in total. The molecule has 0 amide bonds. The normalized spacial score (nSPS) is 11.1. The van der Waals surface area contributed by atoms with Gasteiger partial charge in [0.1, 0.15) is 5.82 Å². The van der Waals surface area contributed by atoms with Crippen LogP contribution >= 0.6 is 0 Å². The quantitative estimate of drug-likeness (QED) is 0.178. The number of hydrogen-bond donors (Lipinski definition) is 0. The first-order chi connectivity index (χ1) is 23.2. The summed E-state index contributed by atoms with van der Waals surface area (Å²) in [6.45, 7) is 8.49. The Labute approximate surface area is 275 Å². The molecule has 1 heterocycles. The minimum Gasteiger partial charge on any atom is -0.292 e. The van der Waals surface area contributed by atoms with Gasteiger partial charge in [0.15, 0.2) is 0 Å². The number of fused-ring (bicyclic) bond motifs is 2. The third-order valence-electron chi connectivity index (χ3n) is 8.97. The summed E-state index contributed by atoms with van der Waals surface area (Å²) in [4.78, 5) is 5.16. The van der Waals surface area contributed by atoms with Crippen molar-refractivity contribution < 1.29 is 0 Å². The zero-order valence-electron chi connectivity index (χ0n) is 26.0. The fourth-order valence-electron chi connectivity index (χ4n) is 6.84. The van der Waals surface area contributed by atoms with Gasteiger partial charge >= 0.3 is 0 Å². The topological polar surface area (TPSA) is 17.8 Å². The maximum atomic E-state index is 5.16. The zero-order chi connectivity index (χ0) is 31.7. The van der Waals surface area contributed by atoms with Crippen LogP contribution in [0.3, 0.4) is 0 Å². The highest BCUT2D eigenvalue weighted by molar-refractivity contribution is 6.11. The lowest BCUT2D eigenvalue weighted by atomic mass is 9.83. The van der Waals surface area contributed by atoms with E-state index in [2.05, 4.69) is 163 Å². The van der Waals surface area contributed by atoms with Gasteiger partial charge in [-0.05, 0) is 79.5 Å². The highest BCUT2D eigenvalue weighted by atomic mass is 15.1. The first-order valence-electron chi connectivity index (χ1n) is 15.9. The van der Waals surface area contributed by atoms with Crippen molar-refractivity contribution in [2.75, 3.05) is 0 Å². The molecule has 0 aliphatic heterocycles. The van der Waals surface area contributed by atoms with Gasteiger partial charge in [0.25, 0.3) is 0 Å². The van der Waals surface area contributed by atoms with E-state index in [0.29, 0.717) is 0 Å². The smallest absolute Gasteiger partial charge is 0.145 e. The van der Waals surface area contributed by atoms with Crippen molar-refractivity contribution >= 4 is 34.0 Å². The van der Waals surface area contributed by atoms with E-state index in [0.717, 1.165) is 55.9 Å². The zero-order valence-corrected chi connectivity index (χ0v) is 26.0. The van der Waals surface area contributed by atoms with E-state index in [9.17, 15) is 0 Å². The van der Waals surface area contributed by atoms with Gasteiger partial charge in [-0.2, -0.15) is 0 Å². The molecule has 0 spiro atoms. The van der Waals surface area contributed by atoms with Crippen LogP contribution in [0.5, 0.6) is 0 Å². The molecule has 0 bridgehead atoms. The van der Waals surface area contributed by atoms with Gasteiger partial charge in [-0.1, -0.05) is 159 Å². The van der Waals surface area contributed by atoms with Crippen molar-refractivity contribution in [2.24, 2.45) is 0 Å². The molecule has 8 rings (SSSR count). The van der Waals surface area contributed by atoms with Gasteiger partial charge in [-0.3, -0.25) is 4.57 Å². The summed E-state index contributed by atoms with van der Waals surface area (Å²) in [5, 5.41) is 2.40. The van der Waals surface area contributed by atoms with Gasteiger partial charge in [0.2, 0.25) is 0 Å². The van der Waals surface area contributed by atoms with Crippen LogP contribution in [0, 0.1) is 0 Å². The Morgan fingerprint density at radius 1 is 0.447 bits per heavy atom. The molecule has 0 unspecified atom stereocenters. The lowest BCUT2D eigenvalue weighted by Crippen LogP contribution is -1.97. The highest BCUT2D eigenvalue weighted by Crippen LogP contribution is 2.43. The van der Waals surface area contributed by atoms with Crippen LogP contribution in [0.25, 0.3) is 84.4 Å². The maximum Gasteiger partial charge on any atom is 0.145 e. The second kappa shape index (κ2) is 11.9. The van der Waals surface area contributed by atoms with Crippen molar-refractivity contribution in [3.8, 4) is 50.5 Å². The Morgan fingerprint density at radius 2 is 0.915 bits per heavy atom. The van der Waals surface area contributed by atoms with Gasteiger partial charge in [0, 0.05) is 11.3 Å². The summed E-state index contributed by atoms with van der Waals surface area (Å²) in [6, 6.07) is 55.5. The lowest BCUT2D eigenvalue weighted by Gasteiger charge is -2.20. The molecule has 0 saturated carbocycles. The predicted molar refractivity (Wildman–Crippen MR) is 201 cm³/mol. The lowest BCUT2D eigenvalue weighted by molar-refractivity contribution is 1.10. The Hall–Kier alpha value is -6.25. The molecule has 0 saturated heterocycles. The first-order valence-corrected chi connectivity index (χ1v) is 15.9. The molecule has 0 fully saturated rings. The number of hydrogen-bond acceptors (Lipinski definition) is 1. The third kappa shape index (κ3) is 4.88. The molecular formula is C45H32N2. The third-order valence-corrected chi connectivity index (χ3v) is 8.97. The Kier molecular flexibility index (Phi) is 7.16. The number of benzene rings is 7. The van der Waals surface area contributed by atoms with Crippen molar-refractivity contribution in [3.63, 3.8) is 0 Å². The fourth-order valence-corrected chi connectivity index (χ4v) is 6.84. The number of imidazole rings is 1. The predicted octanol–water partition coefficient (Wildman–Crippen LogP) is 12.1. The van der Waals surface area contributed by atoms with Crippen LogP contribution in [0.2, 0.25) is 0 Å². The van der Waals surface area contributed by atoms with E-state index >= 15 is 0 Å². The van der Waals surface area contributed by atoms with Crippen LogP contribution in [0.15, 0.2) is 171 Å². The Morgan fingerprint density at radius 3 is 1.49 bits per heavy atom. The Balaban J connectivity index is 1.25. The minimum atomic E-state index is 0.931. The van der Waals surface area contributed by atoms with Crippen LogP contribution < -0.4 is 0 Å². The summed E-state index contributed by atoms with van der Waals surface area (Å²) < 4.78 is 2.25. The van der Waals surface area contributed by atoms with Crippen LogP contribution in [-0.2, 0) is 0 Å². The van der Waals surface area contributed by atoms with Gasteiger partial charge in [-0.25, -0.2) is 4.98 Å². The molecule has 0 radical (unpaired) electrons. The second-order valence-corrected chi connectivity index (χ2v) is 11.7. The minimum absolute atomic E-state index is 0.931. The molecular weight excluding hydrogens is 569 g/mol. The monoisotopic (exact) mass is 600 g/mol. The summed E-state index contributed by atoms with van der Waals surface area (Å²) >= 11 is 0. The molecule has 8 aromatic rings. The van der Waals surface area contributed by atoms with Gasteiger partial charge in [-0.15, -0.1) is 0 Å². The van der Waals surface area contributed by atoms with Gasteiger partial charge in [0.05, 0.1) is 11.0 Å². The highest BCUT2D eigenvalue weighted by Gasteiger charge is 2.19. The average molecular weight is 601 g/mol. The molecule has 0 N–H and O–H groups in total. The van der Waals surface area contributed by atoms with Crippen LogP contribution in [0.1, 0.15) is 11.1 Å². The summed E-state index contributed by atoms with van der Waals surface area (Å²) in [5.41, 5.74) is 13.3. The standard InChI is InChI=1S/C45H32N2/c1-3-37-38(4-2)44(40-23-15-14-22-39(40)43(37)32-16-8-5-9-17-32)33-26-24-31(25-27-33)35-28-29-42-41(30-35)46-45(34-18-10-6-11-19-34)47(42)36-20-12-7-13-21-36/h3-30H,1-2H2. The molecule has 47 heavy (non-hydrogen) atoms. The van der Waals surface area contributed by atoms with E-state index in [-0.39, 0.29) is 0 Å². The molecule has 2 heteroatoms. The van der Waals surface area contributed by atoms with Crippen molar-refractivity contribution in [2.45, 2.75) is 0 Å². The van der Waals surface area contributed by atoms with E-state index in [4.69, 9.17) is 4.98 Å². The molecule has 0 aliphatic rings. The molecule has 1 aromatic heterocycles. The fraction of sp³-hybridized carbons (Fsp3) is 0. The van der Waals surface area contributed by atoms with Crippen LogP contribution in [-0.4, -0.2) is 9.55 Å². The van der Waals surface area contributed by atoms with E-state index in [1.54, 1.807) is 0 Å². The number of nitrogens with zero attached hydrogens (tertiary/aromatic N) is 2. The maximum absolute atomic E-state index is 5.16. The van der Waals surface area contributed by atoms with Gasteiger partial charge < -0.3 is 0 Å². The van der Waals surface area contributed by atoms with Crippen molar-refractivity contribution in [1.29, 1.82) is 0 Å². The summed E-state index contributed by atoms with van der Waals surface area (Å²) in [5.74, 6) is 0.931. The van der Waals surface area contributed by atoms with E-state index in [1.165, 1.54) is 27.5 Å². The average Bonchev–Trinajstić information content (AvgIpc) is 3.54. The largest absolute Gasteiger partial charge is 0.292 e. The molecule has 7 aromatic carbocycles. The first kappa shape index (κ1) is 28.2. The summed E-state index contributed by atoms with van der Waals surface area (Å²) in [7, 11) is 0. The molecule has 0 aliphatic carbocycles. The molecule has 222 valence electrons. The Bertz CT molecular complexity index is 2400. The number of aromatic nitrogens is 2. The van der Waals surface area contributed by atoms with Crippen molar-refractivity contribution in [3.05, 3.63) is 182 Å². The number of rotatable bonds is 7. The van der Waals surface area contributed by atoms with E-state index in [1.807, 2.05) is 24.3 Å². The molecule has 0 atom stereocenters. The summed E-state index contributed by atoms with van der Waals surface area (Å²) in [6.07, 6.45) is 3.94. The van der Waals surface area contributed by atoms with Crippen LogP contribution in [0.4, 0.5) is 0 Å². The SMILES string of the molecule is C=Cc1c(C=C)c(-c2ccc(-c3ccc4c(c3)nc(-c3ccccc3)n4-c3ccccc3)cc2)c2ccccc2c1-c1ccccc1.